The molecule has 1 heterocycles. The lowest BCUT2D eigenvalue weighted by atomic mass is 10.1. The highest BCUT2D eigenvalue weighted by atomic mass is 16.5. The maximum absolute atomic E-state index is 12.3. The number of nitrogens with one attached hydrogen (secondary N) is 1. The number of carbonyl (C=O) groups excluding carboxylic acids is 5. The smallest absolute Gasteiger partial charge is 0.307 e. The number of hydrogen-bond donors (Lipinski definition) is 1. The van der Waals surface area contributed by atoms with Crippen molar-refractivity contribution >= 4 is 35.2 Å². The highest BCUT2D eigenvalue weighted by Gasteiger charge is 2.24. The van der Waals surface area contributed by atoms with Crippen molar-refractivity contribution in [2.45, 2.75) is 39.7 Å². The SMILES string of the molecule is CC(=O)c1ccccc1NC(=O)[C@@H](C)OC(=O)CCC(=O)N1CCN(C(C)=O)CC1. The molecule has 1 fully saturated rings. The van der Waals surface area contributed by atoms with E-state index in [-0.39, 0.29) is 30.4 Å². The molecule has 3 amide bonds. The number of hydrogen-bond acceptors (Lipinski definition) is 6. The Bertz CT molecular complexity index is 830. The van der Waals surface area contributed by atoms with Gasteiger partial charge in [0.2, 0.25) is 11.8 Å². The fourth-order valence-corrected chi connectivity index (χ4v) is 3.08. The first-order chi connectivity index (χ1) is 14.2. The number of para-hydroxylation sites is 1. The van der Waals surface area contributed by atoms with Crippen LogP contribution in [-0.2, 0) is 23.9 Å². The Labute approximate surface area is 175 Å². The molecule has 2 rings (SSSR count). The van der Waals surface area contributed by atoms with Crippen LogP contribution in [0.3, 0.4) is 0 Å². The summed E-state index contributed by atoms with van der Waals surface area (Å²) < 4.78 is 5.11. The number of esters is 1. The standard InChI is InChI=1S/C21H27N3O6/c1-14(25)17-6-4-5-7-18(17)22-21(29)15(2)30-20(28)9-8-19(27)24-12-10-23(11-13-24)16(3)26/h4-7,15H,8-13H2,1-3H3,(H,22,29)/t15-/m1/s1. The summed E-state index contributed by atoms with van der Waals surface area (Å²) >= 11 is 0. The second-order valence-corrected chi connectivity index (χ2v) is 7.11. The van der Waals surface area contributed by atoms with Gasteiger partial charge in [0.1, 0.15) is 0 Å². The van der Waals surface area contributed by atoms with E-state index < -0.39 is 18.0 Å². The van der Waals surface area contributed by atoms with Crippen molar-refractivity contribution in [2.75, 3.05) is 31.5 Å². The highest BCUT2D eigenvalue weighted by molar-refractivity contribution is 6.04. The third-order valence-electron chi connectivity index (χ3n) is 4.86. The second kappa shape index (κ2) is 10.5. The van der Waals surface area contributed by atoms with Crippen molar-refractivity contribution < 1.29 is 28.7 Å². The molecule has 0 radical (unpaired) electrons. The summed E-state index contributed by atoms with van der Waals surface area (Å²) in [5.74, 6) is -1.64. The van der Waals surface area contributed by atoms with Gasteiger partial charge in [0.25, 0.3) is 5.91 Å². The molecule has 0 saturated carbocycles. The van der Waals surface area contributed by atoms with Gasteiger partial charge in [-0.25, -0.2) is 0 Å². The average Bonchev–Trinajstić information content (AvgIpc) is 2.72. The first-order valence-electron chi connectivity index (χ1n) is 9.82. The van der Waals surface area contributed by atoms with E-state index in [0.29, 0.717) is 37.4 Å². The number of Topliss-reactive ketones (excluding diaryl/α,β-unsaturated/α-hetero) is 1. The molecule has 1 aromatic rings. The van der Waals surface area contributed by atoms with Crippen molar-refractivity contribution in [3.63, 3.8) is 0 Å². The number of nitrogens with zero attached hydrogens (tertiary/aromatic N) is 2. The molecule has 1 aliphatic heterocycles. The Kier molecular flexibility index (Phi) is 8.08. The molecule has 9 nitrogen and oxygen atoms in total. The number of ketones is 1. The molecule has 9 heteroatoms. The Morgan fingerprint density at radius 2 is 1.57 bits per heavy atom. The fourth-order valence-electron chi connectivity index (χ4n) is 3.08. The summed E-state index contributed by atoms with van der Waals surface area (Å²) in [6.07, 6.45) is -1.25. The van der Waals surface area contributed by atoms with Gasteiger partial charge in [0.15, 0.2) is 11.9 Å². The molecule has 1 saturated heterocycles. The van der Waals surface area contributed by atoms with E-state index in [1.54, 1.807) is 34.1 Å². The monoisotopic (exact) mass is 417 g/mol. The minimum atomic E-state index is -1.08. The van der Waals surface area contributed by atoms with Crippen molar-refractivity contribution in [1.29, 1.82) is 0 Å². The minimum Gasteiger partial charge on any atom is -0.453 e. The van der Waals surface area contributed by atoms with Gasteiger partial charge in [0, 0.05) is 45.1 Å². The van der Waals surface area contributed by atoms with Gasteiger partial charge in [-0.1, -0.05) is 12.1 Å². The zero-order chi connectivity index (χ0) is 22.3. The maximum atomic E-state index is 12.3. The molecule has 0 spiro atoms. The molecule has 1 atom stereocenters. The Balaban J connectivity index is 1.78. The van der Waals surface area contributed by atoms with Gasteiger partial charge in [-0.05, 0) is 26.0 Å². The Hall–Kier alpha value is -3.23. The molecular formula is C21H27N3O6. The molecule has 0 aromatic heterocycles. The molecule has 0 bridgehead atoms. The van der Waals surface area contributed by atoms with E-state index in [2.05, 4.69) is 5.32 Å². The first-order valence-corrected chi connectivity index (χ1v) is 9.82. The summed E-state index contributed by atoms with van der Waals surface area (Å²) in [5.41, 5.74) is 0.706. The van der Waals surface area contributed by atoms with Gasteiger partial charge in [-0.15, -0.1) is 0 Å². The van der Waals surface area contributed by atoms with Gasteiger partial charge >= 0.3 is 5.97 Å². The quantitative estimate of drug-likeness (QED) is 0.527. The molecule has 1 aliphatic rings. The van der Waals surface area contributed by atoms with Crippen LogP contribution in [0.15, 0.2) is 24.3 Å². The number of rotatable bonds is 7. The van der Waals surface area contributed by atoms with Crippen LogP contribution in [-0.4, -0.2) is 71.6 Å². The van der Waals surface area contributed by atoms with Crippen LogP contribution in [0.4, 0.5) is 5.69 Å². The number of amides is 3. The van der Waals surface area contributed by atoms with Crippen molar-refractivity contribution in [3.8, 4) is 0 Å². The van der Waals surface area contributed by atoms with E-state index in [1.807, 2.05) is 0 Å². The van der Waals surface area contributed by atoms with Crippen LogP contribution >= 0.6 is 0 Å². The average molecular weight is 417 g/mol. The fraction of sp³-hybridized carbons (Fsp3) is 0.476. The lowest BCUT2D eigenvalue weighted by molar-refractivity contribution is -0.154. The molecule has 0 unspecified atom stereocenters. The van der Waals surface area contributed by atoms with Crippen LogP contribution in [0.1, 0.15) is 44.0 Å². The lowest BCUT2D eigenvalue weighted by Crippen LogP contribution is -2.50. The largest absolute Gasteiger partial charge is 0.453 e. The van der Waals surface area contributed by atoms with Crippen LogP contribution < -0.4 is 5.32 Å². The third-order valence-corrected chi connectivity index (χ3v) is 4.86. The van der Waals surface area contributed by atoms with Crippen molar-refractivity contribution in [1.82, 2.24) is 9.80 Å². The lowest BCUT2D eigenvalue weighted by Gasteiger charge is -2.34. The zero-order valence-electron chi connectivity index (χ0n) is 17.5. The van der Waals surface area contributed by atoms with Gasteiger partial charge < -0.3 is 19.9 Å². The Morgan fingerprint density at radius 1 is 0.967 bits per heavy atom. The van der Waals surface area contributed by atoms with E-state index in [0.717, 1.165) is 0 Å². The predicted molar refractivity (Wildman–Crippen MR) is 109 cm³/mol. The number of piperazine rings is 1. The Morgan fingerprint density at radius 3 is 2.17 bits per heavy atom. The van der Waals surface area contributed by atoms with E-state index in [9.17, 15) is 24.0 Å². The normalized spacial score (nSPS) is 14.6. The van der Waals surface area contributed by atoms with Crippen LogP contribution in [0.25, 0.3) is 0 Å². The first kappa shape index (κ1) is 23.1. The summed E-state index contributed by atoms with van der Waals surface area (Å²) in [5, 5.41) is 2.58. The summed E-state index contributed by atoms with van der Waals surface area (Å²) in [6.45, 7) is 6.12. The summed E-state index contributed by atoms with van der Waals surface area (Å²) in [4.78, 5) is 62.8. The van der Waals surface area contributed by atoms with Crippen LogP contribution in [0.5, 0.6) is 0 Å². The van der Waals surface area contributed by atoms with Crippen molar-refractivity contribution in [3.05, 3.63) is 29.8 Å². The topological polar surface area (TPSA) is 113 Å². The molecule has 1 aromatic carbocycles. The summed E-state index contributed by atoms with van der Waals surface area (Å²) in [6, 6.07) is 6.55. The van der Waals surface area contributed by atoms with Crippen LogP contribution in [0, 0.1) is 0 Å². The maximum Gasteiger partial charge on any atom is 0.307 e. The number of benzene rings is 1. The van der Waals surface area contributed by atoms with E-state index in [1.165, 1.54) is 20.8 Å². The number of ether oxygens (including phenoxy) is 1. The van der Waals surface area contributed by atoms with Gasteiger partial charge in [-0.2, -0.15) is 0 Å². The van der Waals surface area contributed by atoms with Gasteiger partial charge in [0.05, 0.1) is 12.1 Å². The van der Waals surface area contributed by atoms with E-state index >= 15 is 0 Å². The highest BCUT2D eigenvalue weighted by Crippen LogP contribution is 2.16. The molecule has 1 N–H and O–H groups in total. The zero-order valence-corrected chi connectivity index (χ0v) is 17.5. The minimum absolute atomic E-state index is 0.0242. The molecule has 30 heavy (non-hydrogen) atoms. The van der Waals surface area contributed by atoms with Crippen molar-refractivity contribution in [2.24, 2.45) is 0 Å². The van der Waals surface area contributed by atoms with Gasteiger partial charge in [-0.3, -0.25) is 24.0 Å². The third kappa shape index (κ3) is 6.40. The predicted octanol–water partition coefficient (Wildman–Crippen LogP) is 1.23. The molecular weight excluding hydrogens is 390 g/mol. The second-order valence-electron chi connectivity index (χ2n) is 7.11. The molecule has 162 valence electrons. The van der Waals surface area contributed by atoms with Crippen LogP contribution in [0.2, 0.25) is 0 Å². The molecule has 0 aliphatic carbocycles. The summed E-state index contributed by atoms with van der Waals surface area (Å²) in [7, 11) is 0. The number of carbonyl (C=O) groups is 5. The van der Waals surface area contributed by atoms with E-state index in [4.69, 9.17) is 4.74 Å². The number of anilines is 1.